The van der Waals surface area contributed by atoms with Gasteiger partial charge in [-0.25, -0.2) is 4.79 Å². The summed E-state index contributed by atoms with van der Waals surface area (Å²) in [6, 6.07) is 14.7. The van der Waals surface area contributed by atoms with E-state index in [0.29, 0.717) is 29.1 Å². The molecule has 6 rings (SSSR count). The third-order valence-electron chi connectivity index (χ3n) is 6.53. The van der Waals surface area contributed by atoms with E-state index in [9.17, 15) is 15.0 Å². The van der Waals surface area contributed by atoms with Crippen molar-refractivity contribution in [2.24, 2.45) is 0 Å². The molecule has 0 spiro atoms. The summed E-state index contributed by atoms with van der Waals surface area (Å²) in [5.41, 5.74) is 5.88. The topological polar surface area (TPSA) is 94.5 Å². The number of rotatable bonds is 4. The van der Waals surface area contributed by atoms with Crippen LogP contribution in [-0.2, 0) is 22.6 Å². The fourth-order valence-corrected chi connectivity index (χ4v) is 4.85. The molecule has 1 aliphatic carbocycles. The number of hydrogen-bond acceptors (Lipinski definition) is 7. The number of cyclic esters (lactones) is 1. The fourth-order valence-electron chi connectivity index (χ4n) is 4.85. The first-order valence-electron chi connectivity index (χ1n) is 11.0. The lowest BCUT2D eigenvalue weighted by Crippen LogP contribution is -2.18. The zero-order chi connectivity index (χ0) is 23.4. The van der Waals surface area contributed by atoms with E-state index in [2.05, 4.69) is 0 Å². The van der Waals surface area contributed by atoms with Gasteiger partial charge < -0.3 is 29.2 Å². The van der Waals surface area contributed by atoms with Crippen LogP contribution in [0.25, 0.3) is 0 Å². The summed E-state index contributed by atoms with van der Waals surface area (Å²) in [5, 5.41) is 21.5. The third kappa shape index (κ3) is 3.32. The molecule has 3 aliphatic rings. The molecule has 0 unspecified atom stereocenters. The van der Waals surface area contributed by atoms with Crippen LogP contribution in [0.5, 0.6) is 28.7 Å². The van der Waals surface area contributed by atoms with Crippen LogP contribution in [0.2, 0.25) is 0 Å². The molecule has 3 aromatic rings. The molecular formula is C27H22O7. The Balaban J connectivity index is 1.39. The van der Waals surface area contributed by atoms with Crippen molar-refractivity contribution in [1.82, 2.24) is 0 Å². The van der Waals surface area contributed by atoms with Gasteiger partial charge in [0.05, 0.1) is 5.57 Å². The number of phenols is 2. The fraction of sp³-hybridized carbons (Fsp3) is 0.222. The number of aromatic hydroxyl groups is 2. The SMILES string of the molecule is Cc1ccc(COc2c(O)cc([C@@H]3C4=C(COC4=O)Cc4cc5c(cc43)OCO5)cc2O)cc1. The average Bonchev–Trinajstić information content (AvgIpc) is 3.42. The minimum absolute atomic E-state index is 0.00533. The molecule has 3 aromatic carbocycles. The summed E-state index contributed by atoms with van der Waals surface area (Å²) in [4.78, 5) is 12.7. The second-order valence-electron chi connectivity index (χ2n) is 8.77. The molecule has 2 aliphatic heterocycles. The lowest BCUT2D eigenvalue weighted by atomic mass is 9.75. The molecule has 0 saturated heterocycles. The number of carbonyl (C=O) groups is 1. The largest absolute Gasteiger partial charge is 0.504 e. The standard InChI is InChI=1S/C27H22O7/c1-14-2-4-15(5-3-14)11-31-26-20(28)7-17(8-21(26)29)24-19-10-23-22(33-13-34-23)9-16(19)6-18-12-32-27(30)25(18)24/h2-5,7-10,24,28-29H,6,11-13H2,1H3/t24-/m0/s1. The van der Waals surface area contributed by atoms with E-state index in [0.717, 1.165) is 27.8 Å². The Morgan fingerprint density at radius 2 is 1.68 bits per heavy atom. The molecule has 0 radical (unpaired) electrons. The summed E-state index contributed by atoms with van der Waals surface area (Å²) < 4.78 is 22.2. The third-order valence-corrected chi connectivity index (χ3v) is 6.53. The van der Waals surface area contributed by atoms with Crippen LogP contribution in [0, 0.1) is 6.92 Å². The minimum atomic E-state index is -0.522. The zero-order valence-electron chi connectivity index (χ0n) is 18.5. The van der Waals surface area contributed by atoms with Crippen LogP contribution < -0.4 is 14.2 Å². The first-order chi connectivity index (χ1) is 16.5. The predicted octanol–water partition coefficient (Wildman–Crippen LogP) is 4.26. The van der Waals surface area contributed by atoms with Crippen molar-refractivity contribution in [3.05, 3.63) is 87.5 Å². The van der Waals surface area contributed by atoms with Gasteiger partial charge in [0, 0.05) is 5.92 Å². The summed E-state index contributed by atoms with van der Waals surface area (Å²) in [5.74, 6) is -0.0579. The molecule has 0 fully saturated rings. The Bertz CT molecular complexity index is 1330. The lowest BCUT2D eigenvalue weighted by molar-refractivity contribution is -0.136. The summed E-state index contributed by atoms with van der Waals surface area (Å²) in [6.45, 7) is 2.57. The first kappa shape index (κ1) is 20.5. The summed E-state index contributed by atoms with van der Waals surface area (Å²) in [7, 11) is 0. The number of hydrogen-bond donors (Lipinski definition) is 2. The van der Waals surface area contributed by atoms with Crippen molar-refractivity contribution < 1.29 is 34.0 Å². The van der Waals surface area contributed by atoms with Gasteiger partial charge in [-0.15, -0.1) is 0 Å². The number of ether oxygens (including phenoxy) is 4. The number of fused-ring (bicyclic) bond motifs is 2. The van der Waals surface area contributed by atoms with Gasteiger partial charge in [0.25, 0.3) is 0 Å². The number of carbonyl (C=O) groups excluding carboxylic acids is 1. The predicted molar refractivity (Wildman–Crippen MR) is 121 cm³/mol. The highest BCUT2D eigenvalue weighted by Gasteiger charge is 2.39. The highest BCUT2D eigenvalue weighted by atomic mass is 16.7. The first-order valence-corrected chi connectivity index (χ1v) is 11.0. The Morgan fingerprint density at radius 3 is 2.41 bits per heavy atom. The Kier molecular flexibility index (Phi) is 4.65. The molecule has 0 bridgehead atoms. The molecule has 0 amide bonds. The Morgan fingerprint density at radius 1 is 0.971 bits per heavy atom. The minimum Gasteiger partial charge on any atom is -0.504 e. The summed E-state index contributed by atoms with van der Waals surface area (Å²) >= 11 is 0. The molecule has 2 N–H and O–H groups in total. The second kappa shape index (κ2) is 7.73. The maximum Gasteiger partial charge on any atom is 0.335 e. The van der Waals surface area contributed by atoms with Crippen LogP contribution in [0.4, 0.5) is 0 Å². The van der Waals surface area contributed by atoms with Crippen molar-refractivity contribution in [2.45, 2.75) is 25.9 Å². The number of esters is 1. The maximum atomic E-state index is 12.7. The van der Waals surface area contributed by atoms with Crippen LogP contribution in [0.15, 0.2) is 59.7 Å². The average molecular weight is 458 g/mol. The van der Waals surface area contributed by atoms with Gasteiger partial charge in [-0.1, -0.05) is 29.8 Å². The van der Waals surface area contributed by atoms with E-state index in [-0.39, 0.29) is 43.2 Å². The van der Waals surface area contributed by atoms with Crippen molar-refractivity contribution >= 4 is 5.97 Å². The normalized spacial score (nSPS) is 17.9. The van der Waals surface area contributed by atoms with E-state index in [4.69, 9.17) is 18.9 Å². The van der Waals surface area contributed by atoms with Crippen molar-refractivity contribution in [3.63, 3.8) is 0 Å². The van der Waals surface area contributed by atoms with Crippen LogP contribution >= 0.6 is 0 Å². The monoisotopic (exact) mass is 458 g/mol. The molecule has 1 atom stereocenters. The summed E-state index contributed by atoms with van der Waals surface area (Å²) in [6.07, 6.45) is 0.569. The molecule has 2 heterocycles. The van der Waals surface area contributed by atoms with Gasteiger partial charge in [0.2, 0.25) is 12.5 Å². The molecule has 7 nitrogen and oxygen atoms in total. The number of phenolic OH excluding ortho intramolecular Hbond substituents is 2. The van der Waals surface area contributed by atoms with E-state index in [1.807, 2.05) is 43.3 Å². The van der Waals surface area contributed by atoms with Gasteiger partial charge in [-0.2, -0.15) is 0 Å². The molecule has 34 heavy (non-hydrogen) atoms. The van der Waals surface area contributed by atoms with E-state index >= 15 is 0 Å². The Labute approximate surface area is 195 Å². The van der Waals surface area contributed by atoms with Crippen LogP contribution in [0.3, 0.4) is 0 Å². The van der Waals surface area contributed by atoms with Gasteiger partial charge in [-0.05, 0) is 65.4 Å². The number of benzene rings is 3. The van der Waals surface area contributed by atoms with Crippen molar-refractivity contribution in [3.8, 4) is 28.7 Å². The van der Waals surface area contributed by atoms with E-state index in [1.165, 1.54) is 12.1 Å². The van der Waals surface area contributed by atoms with E-state index in [1.54, 1.807) is 0 Å². The van der Waals surface area contributed by atoms with Crippen LogP contribution in [-0.4, -0.2) is 29.6 Å². The molecular weight excluding hydrogens is 436 g/mol. The van der Waals surface area contributed by atoms with Crippen molar-refractivity contribution in [2.75, 3.05) is 13.4 Å². The highest BCUT2D eigenvalue weighted by molar-refractivity contribution is 5.95. The number of aryl methyl sites for hydroxylation is 1. The molecule has 7 heteroatoms. The quantitative estimate of drug-likeness (QED) is 0.565. The van der Waals surface area contributed by atoms with Gasteiger partial charge in [-0.3, -0.25) is 0 Å². The smallest absolute Gasteiger partial charge is 0.335 e. The van der Waals surface area contributed by atoms with Gasteiger partial charge >= 0.3 is 5.97 Å². The second-order valence-corrected chi connectivity index (χ2v) is 8.77. The maximum absolute atomic E-state index is 12.7. The van der Waals surface area contributed by atoms with E-state index < -0.39 is 5.92 Å². The Hall–Kier alpha value is -4.13. The highest BCUT2D eigenvalue weighted by Crippen LogP contribution is 2.50. The van der Waals surface area contributed by atoms with Gasteiger partial charge in [0.1, 0.15) is 13.2 Å². The van der Waals surface area contributed by atoms with Gasteiger partial charge in [0.15, 0.2) is 23.0 Å². The zero-order valence-corrected chi connectivity index (χ0v) is 18.5. The van der Waals surface area contributed by atoms with Crippen molar-refractivity contribution in [1.29, 1.82) is 0 Å². The molecule has 0 saturated carbocycles. The molecule has 0 aromatic heterocycles. The van der Waals surface area contributed by atoms with Crippen LogP contribution in [0.1, 0.15) is 33.7 Å². The molecule has 172 valence electrons. The lowest BCUT2D eigenvalue weighted by Gasteiger charge is -2.27.